The zero-order valence-corrected chi connectivity index (χ0v) is 19.9. The van der Waals surface area contributed by atoms with Crippen molar-refractivity contribution in [2.24, 2.45) is 5.10 Å². The van der Waals surface area contributed by atoms with Gasteiger partial charge in [0.15, 0.2) is 11.5 Å². The van der Waals surface area contributed by atoms with Gasteiger partial charge in [0.1, 0.15) is 0 Å². The second-order valence-corrected chi connectivity index (χ2v) is 7.80. The molecule has 0 saturated carbocycles. The third kappa shape index (κ3) is 7.28. The fraction of sp³-hybridized carbons (Fsp3) is 0.120. The normalized spacial score (nSPS) is 10.5. The molecule has 0 fully saturated rings. The van der Waals surface area contributed by atoms with Crippen molar-refractivity contribution in [1.82, 2.24) is 10.7 Å². The Hall–Kier alpha value is -3.98. The van der Waals surface area contributed by atoms with Crippen LogP contribution in [-0.2, 0) is 4.79 Å². The Morgan fingerprint density at radius 2 is 1.71 bits per heavy atom. The average molecular weight is 524 g/mol. The van der Waals surface area contributed by atoms with Crippen LogP contribution in [0.15, 0.2) is 82.4 Å². The quantitative estimate of drug-likeness (QED) is 0.191. The highest BCUT2D eigenvalue weighted by Crippen LogP contribution is 2.29. The van der Waals surface area contributed by atoms with Crippen molar-refractivity contribution < 1.29 is 23.9 Å². The van der Waals surface area contributed by atoms with E-state index < -0.39 is 11.9 Å². The molecule has 3 rings (SSSR count). The standard InChI is InChI=1S/C25H22BrN3O5/c1-2-33-22-13-17(11-12-21(22)34-25(32)18-7-4-3-5-8-18)15-28-29-23(30)16-27-24(31)19-9-6-10-20(26)14-19/h3-15H,2,16H2,1H3,(H,27,31)(H,29,30)/b28-15+. The SMILES string of the molecule is CCOc1cc(/C=N/NC(=O)CNC(=O)c2cccc(Br)c2)ccc1OC(=O)c1ccccc1. The van der Waals surface area contributed by atoms with Crippen LogP contribution in [0.25, 0.3) is 0 Å². The first-order chi connectivity index (χ1) is 16.5. The van der Waals surface area contributed by atoms with Crippen LogP contribution in [0.5, 0.6) is 11.5 Å². The number of benzene rings is 3. The van der Waals surface area contributed by atoms with Crippen molar-refractivity contribution in [3.63, 3.8) is 0 Å². The Balaban J connectivity index is 1.56. The molecule has 8 nitrogen and oxygen atoms in total. The number of ether oxygens (including phenoxy) is 2. The highest BCUT2D eigenvalue weighted by molar-refractivity contribution is 9.10. The van der Waals surface area contributed by atoms with Gasteiger partial charge in [-0.1, -0.05) is 40.2 Å². The third-order valence-electron chi connectivity index (χ3n) is 4.38. The highest BCUT2D eigenvalue weighted by Gasteiger charge is 2.13. The van der Waals surface area contributed by atoms with Gasteiger partial charge in [0.05, 0.1) is 24.9 Å². The summed E-state index contributed by atoms with van der Waals surface area (Å²) >= 11 is 3.30. The number of rotatable bonds is 9. The van der Waals surface area contributed by atoms with Gasteiger partial charge in [0.2, 0.25) is 0 Å². The number of carbonyl (C=O) groups excluding carboxylic acids is 3. The van der Waals surface area contributed by atoms with Gasteiger partial charge in [0, 0.05) is 10.0 Å². The van der Waals surface area contributed by atoms with Crippen molar-refractivity contribution in [1.29, 1.82) is 0 Å². The number of halogens is 1. The van der Waals surface area contributed by atoms with Crippen LogP contribution in [-0.4, -0.2) is 37.1 Å². The summed E-state index contributed by atoms with van der Waals surface area (Å²) in [6.07, 6.45) is 1.42. The summed E-state index contributed by atoms with van der Waals surface area (Å²) in [6, 6.07) is 20.4. The Kier molecular flexibility index (Phi) is 8.93. The average Bonchev–Trinajstić information content (AvgIpc) is 2.84. The van der Waals surface area contributed by atoms with E-state index in [1.165, 1.54) is 6.21 Å². The number of nitrogens with one attached hydrogen (secondary N) is 2. The van der Waals surface area contributed by atoms with Crippen LogP contribution >= 0.6 is 15.9 Å². The van der Waals surface area contributed by atoms with Gasteiger partial charge in [-0.3, -0.25) is 9.59 Å². The molecular weight excluding hydrogens is 502 g/mol. The van der Waals surface area contributed by atoms with Crippen LogP contribution in [0.3, 0.4) is 0 Å². The Bertz CT molecular complexity index is 1200. The van der Waals surface area contributed by atoms with Gasteiger partial charge in [-0.05, 0) is 61.0 Å². The van der Waals surface area contributed by atoms with E-state index in [0.29, 0.717) is 29.0 Å². The molecule has 0 saturated heterocycles. The van der Waals surface area contributed by atoms with Crippen molar-refractivity contribution >= 4 is 39.9 Å². The monoisotopic (exact) mass is 523 g/mol. The molecule has 0 atom stereocenters. The topological polar surface area (TPSA) is 106 Å². The van der Waals surface area contributed by atoms with E-state index in [1.54, 1.807) is 66.7 Å². The van der Waals surface area contributed by atoms with Crippen LogP contribution < -0.4 is 20.2 Å². The molecule has 3 aromatic carbocycles. The van der Waals surface area contributed by atoms with E-state index in [-0.39, 0.29) is 18.2 Å². The van der Waals surface area contributed by atoms with E-state index in [9.17, 15) is 14.4 Å². The maximum absolute atomic E-state index is 12.3. The lowest BCUT2D eigenvalue weighted by molar-refractivity contribution is -0.120. The number of hydrogen-bond acceptors (Lipinski definition) is 6. The zero-order valence-electron chi connectivity index (χ0n) is 18.3. The number of carbonyl (C=O) groups is 3. The van der Waals surface area contributed by atoms with Crippen molar-refractivity contribution in [3.8, 4) is 11.5 Å². The molecule has 34 heavy (non-hydrogen) atoms. The Morgan fingerprint density at radius 1 is 0.941 bits per heavy atom. The lowest BCUT2D eigenvalue weighted by Gasteiger charge is -2.11. The molecule has 9 heteroatoms. The van der Waals surface area contributed by atoms with Crippen LogP contribution in [0.1, 0.15) is 33.2 Å². The smallest absolute Gasteiger partial charge is 0.343 e. The summed E-state index contributed by atoms with van der Waals surface area (Å²) < 4.78 is 11.8. The van der Waals surface area contributed by atoms with Crippen LogP contribution in [0, 0.1) is 0 Å². The summed E-state index contributed by atoms with van der Waals surface area (Å²) in [5.74, 6) is -0.726. The van der Waals surface area contributed by atoms with Gasteiger partial charge in [0.25, 0.3) is 11.8 Å². The van der Waals surface area contributed by atoms with Crippen molar-refractivity contribution in [2.75, 3.05) is 13.2 Å². The number of amides is 2. The largest absolute Gasteiger partial charge is 0.490 e. The summed E-state index contributed by atoms with van der Waals surface area (Å²) in [5.41, 5.74) is 3.82. The molecule has 0 aliphatic rings. The molecule has 0 heterocycles. The van der Waals surface area contributed by atoms with E-state index in [2.05, 4.69) is 31.8 Å². The summed E-state index contributed by atoms with van der Waals surface area (Å²) in [6.45, 7) is 1.94. The molecule has 2 amide bonds. The van der Waals surface area contributed by atoms with Crippen molar-refractivity contribution in [3.05, 3.63) is 94.0 Å². The number of hydrogen-bond donors (Lipinski definition) is 2. The Morgan fingerprint density at radius 3 is 2.44 bits per heavy atom. The minimum absolute atomic E-state index is 0.235. The first kappa shape index (κ1) is 24.7. The second kappa shape index (κ2) is 12.3. The lowest BCUT2D eigenvalue weighted by Crippen LogP contribution is -2.34. The molecule has 0 bridgehead atoms. The van der Waals surface area contributed by atoms with E-state index in [0.717, 1.165) is 4.47 Å². The van der Waals surface area contributed by atoms with Crippen LogP contribution in [0.4, 0.5) is 0 Å². The predicted molar refractivity (Wildman–Crippen MR) is 131 cm³/mol. The Labute approximate surface area is 205 Å². The van der Waals surface area contributed by atoms with Gasteiger partial charge in [-0.25, -0.2) is 10.2 Å². The lowest BCUT2D eigenvalue weighted by atomic mass is 10.2. The fourth-order valence-electron chi connectivity index (χ4n) is 2.80. The first-order valence-corrected chi connectivity index (χ1v) is 11.2. The van der Waals surface area contributed by atoms with Crippen molar-refractivity contribution in [2.45, 2.75) is 6.92 Å². The van der Waals surface area contributed by atoms with E-state index in [4.69, 9.17) is 9.47 Å². The van der Waals surface area contributed by atoms with E-state index in [1.807, 2.05) is 13.0 Å². The molecule has 0 radical (unpaired) electrons. The van der Waals surface area contributed by atoms with E-state index >= 15 is 0 Å². The molecule has 2 N–H and O–H groups in total. The molecule has 0 aromatic heterocycles. The maximum atomic E-state index is 12.3. The molecule has 0 aliphatic carbocycles. The molecular formula is C25H22BrN3O5. The summed E-state index contributed by atoms with van der Waals surface area (Å²) in [4.78, 5) is 36.4. The minimum Gasteiger partial charge on any atom is -0.490 e. The molecule has 0 spiro atoms. The maximum Gasteiger partial charge on any atom is 0.343 e. The van der Waals surface area contributed by atoms with Gasteiger partial charge < -0.3 is 14.8 Å². The predicted octanol–water partition coefficient (Wildman–Crippen LogP) is 3.95. The second-order valence-electron chi connectivity index (χ2n) is 6.88. The summed E-state index contributed by atoms with van der Waals surface area (Å²) in [5, 5.41) is 6.42. The fourth-order valence-corrected chi connectivity index (χ4v) is 3.20. The summed E-state index contributed by atoms with van der Waals surface area (Å²) in [7, 11) is 0. The highest BCUT2D eigenvalue weighted by atomic mass is 79.9. The molecule has 174 valence electrons. The molecule has 0 unspecified atom stereocenters. The number of nitrogens with zero attached hydrogens (tertiary/aromatic N) is 1. The van der Waals surface area contributed by atoms with Gasteiger partial charge >= 0.3 is 5.97 Å². The molecule has 3 aromatic rings. The molecule has 0 aliphatic heterocycles. The third-order valence-corrected chi connectivity index (χ3v) is 4.87. The first-order valence-electron chi connectivity index (χ1n) is 10.4. The number of hydrazone groups is 1. The minimum atomic E-state index is -0.500. The zero-order chi connectivity index (χ0) is 24.3. The van der Waals surface area contributed by atoms with Gasteiger partial charge in [-0.2, -0.15) is 5.10 Å². The van der Waals surface area contributed by atoms with Crippen LogP contribution in [0.2, 0.25) is 0 Å². The number of esters is 1. The van der Waals surface area contributed by atoms with Gasteiger partial charge in [-0.15, -0.1) is 0 Å².